The molecule has 0 spiro atoms. The number of rotatable bonds is 6. The predicted octanol–water partition coefficient (Wildman–Crippen LogP) is 1.47. The summed E-state index contributed by atoms with van der Waals surface area (Å²) in [5.74, 6) is 0.0120. The Labute approximate surface area is 130 Å². The Morgan fingerprint density at radius 1 is 1.36 bits per heavy atom. The van der Waals surface area contributed by atoms with Crippen LogP contribution in [0.5, 0.6) is 5.75 Å². The second-order valence-electron chi connectivity index (χ2n) is 5.56. The first kappa shape index (κ1) is 16.0. The third kappa shape index (κ3) is 4.33. The first-order chi connectivity index (χ1) is 10.5. The van der Waals surface area contributed by atoms with Gasteiger partial charge in [-0.25, -0.2) is 0 Å². The van der Waals surface area contributed by atoms with Gasteiger partial charge in [0.15, 0.2) is 17.5 Å². The molecule has 0 aromatic heterocycles. The van der Waals surface area contributed by atoms with Gasteiger partial charge in [-0.2, -0.15) is 0 Å². The van der Waals surface area contributed by atoms with E-state index in [9.17, 15) is 9.90 Å². The number of hydrogen-bond acceptors (Lipinski definition) is 3. The zero-order valence-corrected chi connectivity index (χ0v) is 12.7. The zero-order valence-electron chi connectivity index (χ0n) is 12.7. The molecule has 0 fully saturated rings. The molecule has 1 aliphatic rings. The van der Waals surface area contributed by atoms with E-state index < -0.39 is 0 Å². The van der Waals surface area contributed by atoms with Gasteiger partial charge in [0.05, 0.1) is 6.54 Å². The van der Waals surface area contributed by atoms with Crippen LogP contribution < -0.4 is 5.73 Å². The number of hydrogen-bond donors (Lipinski definition) is 2. The number of nitrogens with zero attached hydrogens (tertiary/aromatic N) is 2. The molecule has 0 bridgehead atoms. The molecule has 0 atom stereocenters. The fourth-order valence-electron chi connectivity index (χ4n) is 2.37. The third-order valence-corrected chi connectivity index (χ3v) is 3.74. The average molecular weight is 301 g/mol. The third-order valence-electron chi connectivity index (χ3n) is 3.74. The van der Waals surface area contributed by atoms with E-state index in [2.05, 4.69) is 6.08 Å². The number of guanidine groups is 1. The summed E-state index contributed by atoms with van der Waals surface area (Å²) in [7, 11) is 1.90. The SMILES string of the molecule is CN(CCC1=CCN(C(=N)N)C1)CC(=O)c1ccc([O])cc1. The maximum Gasteiger partial charge on any atom is 0.188 e. The van der Waals surface area contributed by atoms with Crippen LogP contribution in [-0.4, -0.2) is 54.8 Å². The van der Waals surface area contributed by atoms with Crippen LogP contribution >= 0.6 is 0 Å². The molecule has 0 unspecified atom stereocenters. The molecule has 1 aromatic carbocycles. The fourth-order valence-corrected chi connectivity index (χ4v) is 2.37. The highest BCUT2D eigenvalue weighted by molar-refractivity contribution is 5.97. The Bertz CT molecular complexity index is 580. The molecule has 22 heavy (non-hydrogen) atoms. The van der Waals surface area contributed by atoms with Crippen molar-refractivity contribution < 1.29 is 9.90 Å². The standard InChI is InChI=1S/C16H21N4O2/c1-19(8-6-12-7-9-20(10-12)16(17)18)11-15(22)13-2-4-14(21)5-3-13/h2-5,7H,6,8-11H2,1H3,(H3,17,18). The summed E-state index contributed by atoms with van der Waals surface area (Å²) in [6.45, 7) is 2.47. The molecule has 1 radical (unpaired) electrons. The molecular formula is C16H21N4O2. The number of carbonyl (C=O) groups excluding carboxylic acids is 1. The monoisotopic (exact) mass is 301 g/mol. The van der Waals surface area contributed by atoms with Crippen LogP contribution in [0.15, 0.2) is 35.9 Å². The van der Waals surface area contributed by atoms with E-state index in [4.69, 9.17) is 11.1 Å². The molecule has 0 saturated carbocycles. The van der Waals surface area contributed by atoms with Crippen LogP contribution in [0.25, 0.3) is 0 Å². The van der Waals surface area contributed by atoms with Gasteiger partial charge in [0.25, 0.3) is 0 Å². The summed E-state index contributed by atoms with van der Waals surface area (Å²) < 4.78 is 0. The molecule has 3 N–H and O–H groups in total. The molecule has 6 heteroatoms. The van der Waals surface area contributed by atoms with E-state index in [0.29, 0.717) is 25.2 Å². The van der Waals surface area contributed by atoms with Gasteiger partial charge in [-0.05, 0) is 37.7 Å². The molecule has 0 aliphatic carbocycles. The minimum Gasteiger partial charge on any atom is -0.370 e. The fraction of sp³-hybridized carbons (Fsp3) is 0.375. The van der Waals surface area contributed by atoms with Gasteiger partial charge in [-0.15, -0.1) is 0 Å². The van der Waals surface area contributed by atoms with Gasteiger partial charge >= 0.3 is 0 Å². The minimum absolute atomic E-state index is 0.00765. The van der Waals surface area contributed by atoms with Crippen LogP contribution in [0, 0.1) is 5.41 Å². The van der Waals surface area contributed by atoms with Crippen molar-refractivity contribution in [3.05, 3.63) is 41.5 Å². The van der Waals surface area contributed by atoms with Crippen molar-refractivity contribution in [3.8, 4) is 5.75 Å². The lowest BCUT2D eigenvalue weighted by atomic mass is 10.1. The van der Waals surface area contributed by atoms with Crippen molar-refractivity contribution in [2.45, 2.75) is 6.42 Å². The Hall–Kier alpha value is -2.34. The first-order valence-corrected chi connectivity index (χ1v) is 7.21. The molecule has 0 saturated heterocycles. The summed E-state index contributed by atoms with van der Waals surface area (Å²) >= 11 is 0. The van der Waals surface area contributed by atoms with Crippen molar-refractivity contribution in [1.29, 1.82) is 5.41 Å². The maximum absolute atomic E-state index is 12.1. The van der Waals surface area contributed by atoms with Crippen molar-refractivity contribution >= 4 is 11.7 Å². The summed E-state index contributed by atoms with van der Waals surface area (Å²) in [6.07, 6.45) is 2.94. The molecule has 0 amide bonds. The van der Waals surface area contributed by atoms with Gasteiger partial charge < -0.3 is 10.6 Å². The Morgan fingerprint density at radius 3 is 2.64 bits per heavy atom. The van der Waals surface area contributed by atoms with Crippen LogP contribution in [0.2, 0.25) is 0 Å². The molecule has 1 aromatic rings. The number of ketones is 1. The number of nitrogens with two attached hydrogens (primary N) is 1. The van der Waals surface area contributed by atoms with Gasteiger partial charge in [0.1, 0.15) is 0 Å². The highest BCUT2D eigenvalue weighted by Crippen LogP contribution is 2.14. The Kier molecular flexibility index (Phi) is 5.16. The van der Waals surface area contributed by atoms with Gasteiger partial charge in [-0.3, -0.25) is 20.2 Å². The highest BCUT2D eigenvalue weighted by Gasteiger charge is 2.16. The molecule has 2 rings (SSSR count). The van der Waals surface area contributed by atoms with E-state index in [1.807, 2.05) is 11.9 Å². The largest absolute Gasteiger partial charge is 0.370 e. The number of Topliss-reactive ketones (excluding diaryl/α,β-unsaturated/α-hetero) is 1. The number of benzene rings is 1. The molecule has 1 aliphatic heterocycles. The molecular weight excluding hydrogens is 280 g/mol. The Morgan fingerprint density at radius 2 is 2.05 bits per heavy atom. The Balaban J connectivity index is 1.76. The van der Waals surface area contributed by atoms with Crippen LogP contribution in [0.1, 0.15) is 16.8 Å². The van der Waals surface area contributed by atoms with Gasteiger partial charge in [0.2, 0.25) is 0 Å². The average Bonchev–Trinajstić information content (AvgIpc) is 2.95. The van der Waals surface area contributed by atoms with Gasteiger partial charge in [0, 0.05) is 25.2 Å². The molecule has 117 valence electrons. The summed E-state index contributed by atoms with van der Waals surface area (Å²) in [5, 5.41) is 18.4. The second kappa shape index (κ2) is 7.09. The number of likely N-dealkylation sites (N-methyl/N-ethyl adjacent to an activating group) is 1. The van der Waals surface area contributed by atoms with Crippen molar-refractivity contribution in [3.63, 3.8) is 0 Å². The van der Waals surface area contributed by atoms with E-state index in [0.717, 1.165) is 13.0 Å². The predicted molar refractivity (Wildman–Crippen MR) is 84.6 cm³/mol. The van der Waals surface area contributed by atoms with Crippen molar-refractivity contribution in [2.24, 2.45) is 5.73 Å². The van der Waals surface area contributed by atoms with Crippen molar-refractivity contribution in [2.75, 3.05) is 33.2 Å². The van der Waals surface area contributed by atoms with Crippen LogP contribution in [0.3, 0.4) is 0 Å². The van der Waals surface area contributed by atoms with Crippen LogP contribution in [-0.2, 0) is 5.11 Å². The summed E-state index contributed by atoms with van der Waals surface area (Å²) in [4.78, 5) is 15.9. The zero-order chi connectivity index (χ0) is 16.1. The van der Waals surface area contributed by atoms with Crippen LogP contribution in [0.4, 0.5) is 0 Å². The van der Waals surface area contributed by atoms with Crippen molar-refractivity contribution in [1.82, 2.24) is 9.80 Å². The van der Waals surface area contributed by atoms with E-state index in [1.165, 1.54) is 17.7 Å². The lowest BCUT2D eigenvalue weighted by Gasteiger charge is -2.18. The maximum atomic E-state index is 12.1. The van der Waals surface area contributed by atoms with E-state index in [-0.39, 0.29) is 17.5 Å². The lowest BCUT2D eigenvalue weighted by Crippen LogP contribution is -2.35. The number of nitrogens with one attached hydrogen (secondary N) is 1. The second-order valence-corrected chi connectivity index (χ2v) is 5.56. The first-order valence-electron chi connectivity index (χ1n) is 7.21. The highest BCUT2D eigenvalue weighted by atomic mass is 16.3. The van der Waals surface area contributed by atoms with E-state index in [1.54, 1.807) is 17.0 Å². The normalized spacial score (nSPS) is 14.3. The topological polar surface area (TPSA) is 93.3 Å². The summed E-state index contributed by atoms with van der Waals surface area (Å²) in [5.41, 5.74) is 7.26. The quantitative estimate of drug-likeness (QED) is 0.360. The smallest absolute Gasteiger partial charge is 0.188 e. The van der Waals surface area contributed by atoms with E-state index >= 15 is 0 Å². The van der Waals surface area contributed by atoms with Gasteiger partial charge in [-0.1, -0.05) is 11.6 Å². The minimum atomic E-state index is -0.0897. The lowest BCUT2D eigenvalue weighted by molar-refractivity contribution is 0.0947. The summed E-state index contributed by atoms with van der Waals surface area (Å²) in [6, 6.07) is 5.96. The number of carbonyl (C=O) groups is 1. The molecule has 1 heterocycles. The molecule has 6 nitrogen and oxygen atoms in total.